The first-order chi connectivity index (χ1) is 11.0. The van der Waals surface area contributed by atoms with Crippen LogP contribution in [0.15, 0.2) is 10.6 Å². The van der Waals surface area contributed by atoms with Gasteiger partial charge in [0.15, 0.2) is 0 Å². The van der Waals surface area contributed by atoms with E-state index in [0.717, 1.165) is 44.9 Å². The number of piperazine rings is 1. The molecule has 1 saturated heterocycles. The number of carbonyl (C=O) groups is 1. The predicted molar refractivity (Wildman–Crippen MR) is 88.4 cm³/mol. The number of nitrogens with zero attached hydrogens (tertiary/aromatic N) is 3. The van der Waals surface area contributed by atoms with E-state index in [-0.39, 0.29) is 11.9 Å². The summed E-state index contributed by atoms with van der Waals surface area (Å²) in [7, 11) is 1.73. The van der Waals surface area contributed by atoms with Gasteiger partial charge in [-0.15, -0.1) is 0 Å². The third-order valence-electron chi connectivity index (χ3n) is 4.49. The summed E-state index contributed by atoms with van der Waals surface area (Å²) in [6.07, 6.45) is 1.07. The Balaban J connectivity index is 1.89. The fourth-order valence-corrected chi connectivity index (χ4v) is 2.97. The Bertz CT molecular complexity index is 505. The Morgan fingerprint density at radius 3 is 2.96 bits per heavy atom. The summed E-state index contributed by atoms with van der Waals surface area (Å²) in [5, 5.41) is 6.58. The monoisotopic (exact) mass is 324 g/mol. The van der Waals surface area contributed by atoms with Gasteiger partial charge in [-0.2, -0.15) is 0 Å². The lowest BCUT2D eigenvalue weighted by Crippen LogP contribution is -2.57. The van der Waals surface area contributed by atoms with Crippen LogP contribution in [0.5, 0.6) is 0 Å². The van der Waals surface area contributed by atoms with Crippen molar-refractivity contribution in [2.45, 2.75) is 39.3 Å². The van der Waals surface area contributed by atoms with Gasteiger partial charge in [0.05, 0.1) is 18.3 Å². The molecule has 130 valence electrons. The highest BCUT2D eigenvalue weighted by Crippen LogP contribution is 2.16. The Kier molecular flexibility index (Phi) is 6.56. The molecule has 0 saturated carbocycles. The number of aryl methyl sites for hydroxylation is 1. The van der Waals surface area contributed by atoms with Crippen LogP contribution in [0.4, 0.5) is 5.88 Å². The van der Waals surface area contributed by atoms with Gasteiger partial charge in [0.2, 0.25) is 11.8 Å². The molecule has 1 N–H and O–H groups in total. The van der Waals surface area contributed by atoms with Crippen molar-refractivity contribution in [2.24, 2.45) is 0 Å². The summed E-state index contributed by atoms with van der Waals surface area (Å²) < 4.78 is 10.2. The number of ether oxygens (including phenoxy) is 1. The molecule has 7 nitrogen and oxygen atoms in total. The first-order valence-electron chi connectivity index (χ1n) is 8.26. The van der Waals surface area contributed by atoms with Gasteiger partial charge in [-0.3, -0.25) is 19.9 Å². The summed E-state index contributed by atoms with van der Waals surface area (Å²) >= 11 is 0. The fourth-order valence-electron chi connectivity index (χ4n) is 2.97. The van der Waals surface area contributed by atoms with Crippen molar-refractivity contribution < 1.29 is 14.1 Å². The van der Waals surface area contributed by atoms with E-state index < -0.39 is 0 Å². The van der Waals surface area contributed by atoms with Gasteiger partial charge in [-0.1, -0.05) is 12.1 Å². The van der Waals surface area contributed by atoms with E-state index in [1.165, 1.54) is 0 Å². The molecule has 0 bridgehead atoms. The molecule has 1 fully saturated rings. The Morgan fingerprint density at radius 1 is 1.57 bits per heavy atom. The predicted octanol–water partition coefficient (Wildman–Crippen LogP) is 1.35. The second-order valence-electron chi connectivity index (χ2n) is 6.08. The number of hydrogen-bond acceptors (Lipinski definition) is 6. The van der Waals surface area contributed by atoms with Crippen molar-refractivity contribution in [3.8, 4) is 0 Å². The van der Waals surface area contributed by atoms with Crippen molar-refractivity contribution in [2.75, 3.05) is 45.2 Å². The lowest BCUT2D eigenvalue weighted by molar-refractivity contribution is -0.122. The molecule has 0 radical (unpaired) electrons. The van der Waals surface area contributed by atoms with Crippen LogP contribution in [-0.2, 0) is 9.53 Å². The molecule has 1 aromatic rings. The van der Waals surface area contributed by atoms with E-state index in [1.54, 1.807) is 13.2 Å². The largest absolute Gasteiger partial charge is 0.383 e. The summed E-state index contributed by atoms with van der Waals surface area (Å²) in [5.41, 5.74) is 0.755. The molecule has 7 heteroatoms. The number of nitrogens with one attached hydrogen (secondary N) is 1. The van der Waals surface area contributed by atoms with Crippen LogP contribution in [0.3, 0.4) is 0 Å². The number of rotatable bonds is 7. The van der Waals surface area contributed by atoms with Crippen LogP contribution in [0.1, 0.15) is 26.0 Å². The maximum Gasteiger partial charge on any atom is 0.243 e. The average Bonchev–Trinajstić information content (AvgIpc) is 2.96. The molecule has 2 atom stereocenters. The molecule has 0 aliphatic carbocycles. The van der Waals surface area contributed by atoms with Crippen molar-refractivity contribution in [1.29, 1.82) is 0 Å². The molecule has 2 heterocycles. The standard InChI is InChI=1S/C16H28N4O3/c1-5-14-11-20(7-6-19(14)8-9-22-4)13(3)16(21)17-15-10-12(2)18-23-15/h10,13-14H,5-9,11H2,1-4H3,(H,17,21)/t13-,14-/m0/s1. The molecule has 0 unspecified atom stereocenters. The van der Waals surface area contributed by atoms with Gasteiger partial charge in [0, 0.05) is 45.4 Å². The third-order valence-corrected chi connectivity index (χ3v) is 4.49. The van der Waals surface area contributed by atoms with Gasteiger partial charge in [0.1, 0.15) is 0 Å². The minimum atomic E-state index is -0.195. The van der Waals surface area contributed by atoms with Gasteiger partial charge in [0.25, 0.3) is 0 Å². The molecular formula is C16H28N4O3. The highest BCUT2D eigenvalue weighted by atomic mass is 16.5. The highest BCUT2D eigenvalue weighted by Gasteiger charge is 2.31. The third kappa shape index (κ3) is 4.76. The van der Waals surface area contributed by atoms with Crippen LogP contribution in [0.25, 0.3) is 0 Å². The summed E-state index contributed by atoms with van der Waals surface area (Å²) in [6, 6.07) is 1.99. The lowest BCUT2D eigenvalue weighted by Gasteiger charge is -2.43. The van der Waals surface area contributed by atoms with Crippen LogP contribution in [0.2, 0.25) is 0 Å². The van der Waals surface area contributed by atoms with Gasteiger partial charge in [-0.25, -0.2) is 0 Å². The van der Waals surface area contributed by atoms with Gasteiger partial charge in [-0.05, 0) is 20.3 Å². The molecule has 1 aliphatic rings. The zero-order chi connectivity index (χ0) is 16.8. The van der Waals surface area contributed by atoms with Crippen molar-refractivity contribution >= 4 is 11.8 Å². The van der Waals surface area contributed by atoms with E-state index in [9.17, 15) is 4.79 Å². The summed E-state index contributed by atoms with van der Waals surface area (Å²) in [5.74, 6) is 0.353. The number of methoxy groups -OCH3 is 1. The second-order valence-corrected chi connectivity index (χ2v) is 6.08. The first-order valence-corrected chi connectivity index (χ1v) is 8.26. The lowest BCUT2D eigenvalue weighted by atomic mass is 10.1. The van der Waals surface area contributed by atoms with Crippen LogP contribution in [0, 0.1) is 6.92 Å². The number of carbonyl (C=O) groups excluding carboxylic acids is 1. The quantitative estimate of drug-likeness (QED) is 0.816. The Labute approximate surface area is 137 Å². The first kappa shape index (κ1) is 17.9. The summed E-state index contributed by atoms with van der Waals surface area (Å²) in [6.45, 7) is 10.4. The molecule has 23 heavy (non-hydrogen) atoms. The smallest absolute Gasteiger partial charge is 0.243 e. The van der Waals surface area contributed by atoms with E-state index in [0.29, 0.717) is 11.9 Å². The van der Waals surface area contributed by atoms with E-state index in [4.69, 9.17) is 9.26 Å². The molecule has 1 aromatic heterocycles. The minimum Gasteiger partial charge on any atom is -0.383 e. The fraction of sp³-hybridized carbons (Fsp3) is 0.750. The molecule has 0 aromatic carbocycles. The van der Waals surface area contributed by atoms with Crippen molar-refractivity contribution in [1.82, 2.24) is 15.0 Å². The number of anilines is 1. The SMILES string of the molecule is CC[C@H]1CN([C@@H](C)C(=O)Nc2cc(C)no2)CCN1CCOC. The maximum atomic E-state index is 12.4. The maximum absolute atomic E-state index is 12.4. The Morgan fingerprint density at radius 2 is 2.35 bits per heavy atom. The Hall–Kier alpha value is -1.44. The van der Waals surface area contributed by atoms with Gasteiger partial charge >= 0.3 is 0 Å². The number of amides is 1. The van der Waals surface area contributed by atoms with E-state index in [2.05, 4.69) is 27.2 Å². The van der Waals surface area contributed by atoms with Crippen molar-refractivity contribution in [3.05, 3.63) is 11.8 Å². The average molecular weight is 324 g/mol. The zero-order valence-electron chi connectivity index (χ0n) is 14.5. The molecule has 1 amide bonds. The minimum absolute atomic E-state index is 0.0543. The zero-order valence-corrected chi connectivity index (χ0v) is 14.5. The molecule has 0 spiro atoms. The molecule has 2 rings (SSSR count). The van der Waals surface area contributed by atoms with E-state index >= 15 is 0 Å². The number of aromatic nitrogens is 1. The molecular weight excluding hydrogens is 296 g/mol. The second kappa shape index (κ2) is 8.42. The summed E-state index contributed by atoms with van der Waals surface area (Å²) in [4.78, 5) is 17.1. The van der Waals surface area contributed by atoms with Crippen LogP contribution < -0.4 is 5.32 Å². The van der Waals surface area contributed by atoms with E-state index in [1.807, 2.05) is 13.8 Å². The topological polar surface area (TPSA) is 70.8 Å². The number of hydrogen-bond donors (Lipinski definition) is 1. The van der Waals surface area contributed by atoms with Crippen molar-refractivity contribution in [3.63, 3.8) is 0 Å². The molecule has 1 aliphatic heterocycles. The normalized spacial score (nSPS) is 21.3. The van der Waals surface area contributed by atoms with Crippen LogP contribution >= 0.6 is 0 Å². The highest BCUT2D eigenvalue weighted by molar-refractivity contribution is 5.93. The van der Waals surface area contributed by atoms with Gasteiger partial charge < -0.3 is 9.26 Å². The van der Waals surface area contributed by atoms with Crippen LogP contribution in [-0.4, -0.2) is 72.8 Å².